The van der Waals surface area contributed by atoms with Crippen molar-refractivity contribution in [2.75, 3.05) is 5.32 Å². The van der Waals surface area contributed by atoms with Gasteiger partial charge in [0.2, 0.25) is 5.91 Å². The van der Waals surface area contributed by atoms with E-state index in [-0.39, 0.29) is 12.3 Å². The largest absolute Gasteiger partial charge is 0.479 e. The highest BCUT2D eigenvalue weighted by Crippen LogP contribution is 2.24. The summed E-state index contributed by atoms with van der Waals surface area (Å²) in [5.74, 6) is -1.75. The number of anilines is 1. The van der Waals surface area contributed by atoms with Crippen molar-refractivity contribution in [1.29, 1.82) is 0 Å². The number of carbonyl (C=O) groups is 3. The molecule has 0 aromatic heterocycles. The second kappa shape index (κ2) is 5.92. The van der Waals surface area contributed by atoms with Crippen LogP contribution in [0.1, 0.15) is 27.5 Å². The molecule has 6 heteroatoms. The van der Waals surface area contributed by atoms with Crippen molar-refractivity contribution in [2.45, 2.75) is 12.5 Å². The van der Waals surface area contributed by atoms with Crippen LogP contribution in [0.4, 0.5) is 5.69 Å². The molecule has 0 saturated carbocycles. The third kappa shape index (κ3) is 3.06. The van der Waals surface area contributed by atoms with Crippen LogP contribution in [0, 0.1) is 0 Å². The van der Waals surface area contributed by atoms with E-state index < -0.39 is 17.9 Å². The van der Waals surface area contributed by atoms with E-state index in [0.29, 0.717) is 16.8 Å². The molecule has 1 heterocycles. The van der Waals surface area contributed by atoms with E-state index >= 15 is 0 Å². The summed E-state index contributed by atoms with van der Waals surface area (Å²) in [5.41, 5.74) is 2.23. The topological polar surface area (TPSA) is 95.5 Å². The summed E-state index contributed by atoms with van der Waals surface area (Å²) >= 11 is 0. The van der Waals surface area contributed by atoms with Gasteiger partial charge < -0.3 is 15.7 Å². The lowest BCUT2D eigenvalue weighted by Gasteiger charge is -2.15. The van der Waals surface area contributed by atoms with Gasteiger partial charge in [-0.3, -0.25) is 9.59 Å². The fourth-order valence-corrected chi connectivity index (χ4v) is 2.52. The van der Waals surface area contributed by atoms with Crippen molar-refractivity contribution in [1.82, 2.24) is 5.32 Å². The first kappa shape index (κ1) is 14.8. The van der Waals surface area contributed by atoms with Gasteiger partial charge in [0.25, 0.3) is 5.91 Å². The van der Waals surface area contributed by atoms with Gasteiger partial charge in [-0.1, -0.05) is 30.3 Å². The summed E-state index contributed by atoms with van der Waals surface area (Å²) in [5, 5.41) is 14.5. The first-order chi connectivity index (χ1) is 11.0. The average molecular weight is 310 g/mol. The molecule has 0 radical (unpaired) electrons. The Hall–Kier alpha value is -3.15. The molecule has 1 aliphatic heterocycles. The number of rotatable bonds is 4. The van der Waals surface area contributed by atoms with Gasteiger partial charge in [-0.25, -0.2) is 4.79 Å². The smallest absolute Gasteiger partial charge is 0.330 e. The van der Waals surface area contributed by atoms with Crippen LogP contribution in [0.25, 0.3) is 0 Å². The Labute approximate surface area is 132 Å². The van der Waals surface area contributed by atoms with Gasteiger partial charge in [0.15, 0.2) is 6.04 Å². The molecule has 0 unspecified atom stereocenters. The zero-order valence-electron chi connectivity index (χ0n) is 12.1. The standard InChI is InChI=1S/C17H14N2O4/c20-14-9-12-8-11(6-7-13(12)18-14)16(21)19-15(17(22)23)10-4-2-1-3-5-10/h1-8,15H,9H2,(H,18,20)(H,19,21)(H,22,23)/t15-/m0/s1. The quantitative estimate of drug-likeness (QED) is 0.801. The number of carbonyl (C=O) groups excluding carboxylic acids is 2. The Morgan fingerprint density at radius 1 is 1.13 bits per heavy atom. The molecule has 2 aromatic rings. The highest BCUT2D eigenvalue weighted by atomic mass is 16.4. The minimum Gasteiger partial charge on any atom is -0.479 e. The van der Waals surface area contributed by atoms with Gasteiger partial charge in [0.05, 0.1) is 6.42 Å². The SMILES string of the molecule is O=C1Cc2cc(C(=O)N[C@H](C(=O)O)c3ccccc3)ccc2N1. The zero-order valence-corrected chi connectivity index (χ0v) is 12.1. The van der Waals surface area contributed by atoms with E-state index in [1.165, 1.54) is 0 Å². The molecule has 3 rings (SSSR count). The summed E-state index contributed by atoms with van der Waals surface area (Å²) < 4.78 is 0. The van der Waals surface area contributed by atoms with Crippen LogP contribution in [0.5, 0.6) is 0 Å². The predicted octanol–water partition coefficient (Wildman–Crippen LogP) is 1.74. The van der Waals surface area contributed by atoms with Crippen LogP contribution in [0.3, 0.4) is 0 Å². The van der Waals surface area contributed by atoms with E-state index in [1.807, 2.05) is 0 Å². The molecule has 2 amide bonds. The van der Waals surface area contributed by atoms with Crippen LogP contribution < -0.4 is 10.6 Å². The van der Waals surface area contributed by atoms with Crippen LogP contribution >= 0.6 is 0 Å². The first-order valence-corrected chi connectivity index (χ1v) is 7.06. The van der Waals surface area contributed by atoms with Crippen molar-refractivity contribution in [3.05, 3.63) is 65.2 Å². The van der Waals surface area contributed by atoms with Crippen molar-refractivity contribution < 1.29 is 19.5 Å². The lowest BCUT2D eigenvalue weighted by atomic mass is 10.0. The van der Waals surface area contributed by atoms with Gasteiger partial charge in [-0.05, 0) is 29.3 Å². The molecule has 2 aromatic carbocycles. The molecule has 0 aliphatic carbocycles. The minimum absolute atomic E-state index is 0.120. The summed E-state index contributed by atoms with van der Waals surface area (Å²) in [4.78, 5) is 35.1. The highest BCUT2D eigenvalue weighted by molar-refractivity contribution is 6.02. The third-order valence-electron chi connectivity index (χ3n) is 3.65. The van der Waals surface area contributed by atoms with Gasteiger partial charge in [-0.2, -0.15) is 0 Å². The molecule has 3 N–H and O–H groups in total. The molecule has 0 saturated heterocycles. The molecule has 116 valence electrons. The van der Waals surface area contributed by atoms with Gasteiger partial charge in [-0.15, -0.1) is 0 Å². The number of carboxylic acids is 1. The van der Waals surface area contributed by atoms with Crippen molar-refractivity contribution in [3.8, 4) is 0 Å². The fraction of sp³-hybridized carbons (Fsp3) is 0.118. The second-order valence-corrected chi connectivity index (χ2v) is 5.25. The maximum Gasteiger partial charge on any atom is 0.330 e. The third-order valence-corrected chi connectivity index (χ3v) is 3.65. The summed E-state index contributed by atoms with van der Waals surface area (Å²) in [6.07, 6.45) is 0.220. The first-order valence-electron chi connectivity index (χ1n) is 7.06. The molecule has 1 aliphatic rings. The lowest BCUT2D eigenvalue weighted by molar-refractivity contribution is -0.139. The predicted molar refractivity (Wildman–Crippen MR) is 83.1 cm³/mol. The zero-order chi connectivity index (χ0) is 16.4. The van der Waals surface area contributed by atoms with Crippen molar-refractivity contribution >= 4 is 23.5 Å². The molecule has 6 nitrogen and oxygen atoms in total. The molecular weight excluding hydrogens is 296 g/mol. The van der Waals surface area contributed by atoms with Crippen LogP contribution in [0.15, 0.2) is 48.5 Å². The average Bonchev–Trinajstić information content (AvgIpc) is 2.92. The minimum atomic E-state index is -1.14. The summed E-state index contributed by atoms with van der Waals surface area (Å²) in [6.45, 7) is 0. The molecule has 0 spiro atoms. The molecular formula is C17H14N2O4. The van der Waals surface area contributed by atoms with Gasteiger partial charge >= 0.3 is 5.97 Å². The molecule has 1 atom stereocenters. The number of benzene rings is 2. The van der Waals surface area contributed by atoms with E-state index in [2.05, 4.69) is 10.6 Å². The Kier molecular flexibility index (Phi) is 3.80. The molecule has 0 fully saturated rings. The number of fused-ring (bicyclic) bond motifs is 1. The normalized spacial score (nSPS) is 13.8. The van der Waals surface area contributed by atoms with Crippen LogP contribution in [0.2, 0.25) is 0 Å². The van der Waals surface area contributed by atoms with Crippen molar-refractivity contribution in [2.24, 2.45) is 0 Å². The highest BCUT2D eigenvalue weighted by Gasteiger charge is 2.24. The van der Waals surface area contributed by atoms with Crippen LogP contribution in [-0.4, -0.2) is 22.9 Å². The van der Waals surface area contributed by atoms with E-state index in [9.17, 15) is 19.5 Å². The summed E-state index contributed by atoms with van der Waals surface area (Å²) in [7, 11) is 0. The number of carboxylic acid groups (broad SMARTS) is 1. The number of nitrogens with one attached hydrogen (secondary N) is 2. The number of aliphatic carboxylic acids is 1. The van der Waals surface area contributed by atoms with Gasteiger partial charge in [0.1, 0.15) is 0 Å². The van der Waals surface area contributed by atoms with E-state index in [4.69, 9.17) is 0 Å². The van der Waals surface area contributed by atoms with Crippen molar-refractivity contribution in [3.63, 3.8) is 0 Å². The maximum absolute atomic E-state index is 12.3. The lowest BCUT2D eigenvalue weighted by Crippen LogP contribution is -2.33. The molecule has 0 bridgehead atoms. The fourth-order valence-electron chi connectivity index (χ4n) is 2.52. The Morgan fingerprint density at radius 3 is 2.57 bits per heavy atom. The maximum atomic E-state index is 12.3. The van der Waals surface area contributed by atoms with E-state index in [0.717, 1.165) is 5.56 Å². The Morgan fingerprint density at radius 2 is 1.87 bits per heavy atom. The number of hydrogen-bond acceptors (Lipinski definition) is 3. The monoisotopic (exact) mass is 310 g/mol. The van der Waals surface area contributed by atoms with E-state index in [1.54, 1.807) is 48.5 Å². The Bertz CT molecular complexity index is 786. The molecule has 23 heavy (non-hydrogen) atoms. The number of hydrogen-bond donors (Lipinski definition) is 3. The van der Waals surface area contributed by atoms with Gasteiger partial charge in [0, 0.05) is 11.3 Å². The number of amides is 2. The summed E-state index contributed by atoms with van der Waals surface area (Å²) in [6, 6.07) is 12.2. The Balaban J connectivity index is 1.82. The van der Waals surface area contributed by atoms with Crippen LogP contribution in [-0.2, 0) is 16.0 Å². The second-order valence-electron chi connectivity index (χ2n) is 5.25.